The third-order valence-corrected chi connectivity index (χ3v) is 3.46. The quantitative estimate of drug-likeness (QED) is 0.492. The van der Waals surface area contributed by atoms with E-state index in [1.165, 1.54) is 5.56 Å². The largest absolute Gasteiger partial charge is 0.130 e. The summed E-state index contributed by atoms with van der Waals surface area (Å²) in [6, 6.07) is 8.34. The Kier molecular flexibility index (Phi) is 5.27. The lowest BCUT2D eigenvalue weighted by Gasteiger charge is -2.18. The van der Waals surface area contributed by atoms with Crippen molar-refractivity contribution in [2.45, 2.75) is 45.8 Å². The molecule has 0 radical (unpaired) electrons. The first-order chi connectivity index (χ1) is 9.18. The van der Waals surface area contributed by atoms with Crippen LogP contribution >= 0.6 is 0 Å². The van der Waals surface area contributed by atoms with Gasteiger partial charge in [-0.3, -0.25) is 0 Å². The van der Waals surface area contributed by atoms with E-state index in [0.29, 0.717) is 0 Å². The standard InChI is InChI=1S/C19H22Si/c1-19(2,3)18-14-12-17(13-15-18)11-9-7-8-10-16-20(4,5)6/h12-15H,1-6H3. The molecule has 1 rings (SSSR count). The van der Waals surface area contributed by atoms with Crippen LogP contribution in [0.15, 0.2) is 24.3 Å². The molecular weight excluding hydrogens is 256 g/mol. The molecule has 0 fully saturated rings. The number of hydrogen-bond donors (Lipinski definition) is 0. The minimum Gasteiger partial charge on any atom is -0.118 e. The molecule has 1 aromatic rings. The van der Waals surface area contributed by atoms with Crippen LogP contribution in [0.2, 0.25) is 19.6 Å². The van der Waals surface area contributed by atoms with Gasteiger partial charge in [0.05, 0.1) is 0 Å². The van der Waals surface area contributed by atoms with Crippen LogP contribution in [-0.2, 0) is 5.41 Å². The van der Waals surface area contributed by atoms with Crippen LogP contribution in [0.25, 0.3) is 0 Å². The number of rotatable bonds is 0. The summed E-state index contributed by atoms with van der Waals surface area (Å²) in [6.07, 6.45) is 0. The summed E-state index contributed by atoms with van der Waals surface area (Å²) in [6.45, 7) is 13.2. The Morgan fingerprint density at radius 2 is 1.35 bits per heavy atom. The van der Waals surface area contributed by atoms with Gasteiger partial charge in [-0.25, -0.2) is 0 Å². The monoisotopic (exact) mass is 278 g/mol. The molecule has 0 aliphatic carbocycles. The summed E-state index contributed by atoms with van der Waals surface area (Å²) in [5, 5.41) is 0. The van der Waals surface area contributed by atoms with Crippen molar-refractivity contribution >= 4 is 8.07 Å². The summed E-state index contributed by atoms with van der Waals surface area (Å²) >= 11 is 0. The van der Waals surface area contributed by atoms with E-state index >= 15 is 0 Å². The van der Waals surface area contributed by atoms with Crippen LogP contribution in [0.3, 0.4) is 0 Å². The van der Waals surface area contributed by atoms with E-state index in [4.69, 9.17) is 0 Å². The molecule has 0 aliphatic rings. The molecule has 0 saturated carbocycles. The molecule has 0 bridgehead atoms. The summed E-state index contributed by atoms with van der Waals surface area (Å²) < 4.78 is 0. The smallest absolute Gasteiger partial charge is 0.118 e. The summed E-state index contributed by atoms with van der Waals surface area (Å²) in [4.78, 5) is 0. The molecule has 0 unspecified atom stereocenters. The van der Waals surface area contributed by atoms with E-state index in [1.54, 1.807) is 0 Å². The molecule has 0 saturated heterocycles. The third kappa shape index (κ3) is 6.33. The maximum Gasteiger partial charge on any atom is 0.130 e. The fourth-order valence-corrected chi connectivity index (χ4v) is 1.88. The minimum absolute atomic E-state index is 0.179. The van der Waals surface area contributed by atoms with Gasteiger partial charge in [0.25, 0.3) is 0 Å². The van der Waals surface area contributed by atoms with Crippen LogP contribution < -0.4 is 0 Å². The van der Waals surface area contributed by atoms with Crippen molar-refractivity contribution in [3.8, 4) is 35.1 Å². The second-order valence-electron chi connectivity index (χ2n) is 6.83. The predicted octanol–water partition coefficient (Wildman–Crippen LogP) is 4.22. The fourth-order valence-electron chi connectivity index (χ4n) is 1.44. The topological polar surface area (TPSA) is 0 Å². The van der Waals surface area contributed by atoms with Gasteiger partial charge >= 0.3 is 0 Å². The molecule has 102 valence electrons. The molecule has 0 aromatic heterocycles. The van der Waals surface area contributed by atoms with Crippen LogP contribution in [0.1, 0.15) is 31.9 Å². The summed E-state index contributed by atoms with van der Waals surface area (Å²) in [7, 11) is -1.32. The van der Waals surface area contributed by atoms with Crippen LogP contribution in [0.4, 0.5) is 0 Å². The first kappa shape index (κ1) is 16.2. The van der Waals surface area contributed by atoms with Crippen LogP contribution in [0.5, 0.6) is 0 Å². The van der Waals surface area contributed by atoms with E-state index in [2.05, 4.69) is 87.7 Å². The van der Waals surface area contributed by atoms with Gasteiger partial charge in [-0.15, -0.1) is 5.54 Å². The van der Waals surface area contributed by atoms with Crippen molar-refractivity contribution in [2.75, 3.05) is 0 Å². The Balaban J connectivity index is 2.74. The lowest BCUT2D eigenvalue weighted by atomic mass is 9.87. The molecule has 1 heteroatoms. The van der Waals surface area contributed by atoms with Crippen molar-refractivity contribution in [1.82, 2.24) is 0 Å². The zero-order valence-corrected chi connectivity index (χ0v) is 14.3. The molecule has 0 amide bonds. The Hall–Kier alpha value is -1.88. The van der Waals surface area contributed by atoms with E-state index in [0.717, 1.165) is 5.56 Å². The maximum atomic E-state index is 3.19. The maximum absolute atomic E-state index is 3.19. The van der Waals surface area contributed by atoms with Gasteiger partial charge < -0.3 is 0 Å². The van der Waals surface area contributed by atoms with Crippen LogP contribution in [-0.4, -0.2) is 8.07 Å². The molecule has 0 spiro atoms. The highest BCUT2D eigenvalue weighted by atomic mass is 28.3. The molecule has 0 heterocycles. The predicted molar refractivity (Wildman–Crippen MR) is 90.9 cm³/mol. The lowest BCUT2D eigenvalue weighted by Crippen LogP contribution is -2.16. The van der Waals surface area contributed by atoms with E-state index in [9.17, 15) is 0 Å². The van der Waals surface area contributed by atoms with Gasteiger partial charge in [0.15, 0.2) is 0 Å². The molecule has 20 heavy (non-hydrogen) atoms. The zero-order chi connectivity index (χ0) is 15.2. The van der Waals surface area contributed by atoms with E-state index < -0.39 is 8.07 Å². The van der Waals surface area contributed by atoms with Crippen molar-refractivity contribution in [2.24, 2.45) is 0 Å². The van der Waals surface area contributed by atoms with Gasteiger partial charge in [0, 0.05) is 5.56 Å². The van der Waals surface area contributed by atoms with Crippen molar-refractivity contribution < 1.29 is 0 Å². The van der Waals surface area contributed by atoms with E-state index in [-0.39, 0.29) is 5.41 Å². The Labute approximate surface area is 125 Å². The van der Waals surface area contributed by atoms with E-state index in [1.807, 2.05) is 12.1 Å². The zero-order valence-electron chi connectivity index (χ0n) is 13.3. The summed E-state index contributed by atoms with van der Waals surface area (Å²) in [5.74, 6) is 14.4. The molecular formula is C19H22Si. The molecule has 0 nitrogen and oxygen atoms in total. The Bertz CT molecular complexity index is 630. The first-order valence-corrected chi connectivity index (χ1v) is 10.3. The van der Waals surface area contributed by atoms with Crippen LogP contribution in [0, 0.1) is 35.1 Å². The Morgan fingerprint density at radius 3 is 1.85 bits per heavy atom. The number of hydrogen-bond acceptors (Lipinski definition) is 0. The fraction of sp³-hybridized carbons (Fsp3) is 0.368. The minimum atomic E-state index is -1.32. The average Bonchev–Trinajstić information content (AvgIpc) is 2.32. The lowest BCUT2D eigenvalue weighted by molar-refractivity contribution is 0.590. The Morgan fingerprint density at radius 1 is 0.800 bits per heavy atom. The number of benzene rings is 1. The third-order valence-electron chi connectivity index (χ3n) is 2.58. The molecule has 0 N–H and O–H groups in total. The summed E-state index contributed by atoms with van der Waals surface area (Å²) in [5.41, 5.74) is 5.68. The van der Waals surface area contributed by atoms with Gasteiger partial charge in [-0.1, -0.05) is 58.5 Å². The molecule has 1 aromatic carbocycles. The van der Waals surface area contributed by atoms with Crippen molar-refractivity contribution in [3.63, 3.8) is 0 Å². The van der Waals surface area contributed by atoms with Gasteiger partial charge in [-0.05, 0) is 46.8 Å². The molecule has 0 atom stereocenters. The normalized spacial score (nSPS) is 10.3. The second kappa shape index (κ2) is 6.52. The SMILES string of the molecule is CC(C)(C)c1ccc(C#CC#CC#C[Si](C)(C)C)cc1. The van der Waals surface area contributed by atoms with Crippen molar-refractivity contribution in [1.29, 1.82) is 0 Å². The highest BCUT2D eigenvalue weighted by molar-refractivity contribution is 6.83. The van der Waals surface area contributed by atoms with Crippen molar-refractivity contribution in [3.05, 3.63) is 35.4 Å². The van der Waals surface area contributed by atoms with Gasteiger partial charge in [0.1, 0.15) is 8.07 Å². The molecule has 0 aliphatic heterocycles. The average molecular weight is 278 g/mol. The first-order valence-electron chi connectivity index (χ1n) is 6.82. The highest BCUT2D eigenvalue weighted by Crippen LogP contribution is 2.21. The van der Waals surface area contributed by atoms with Gasteiger partial charge in [-0.2, -0.15) is 0 Å². The van der Waals surface area contributed by atoms with Gasteiger partial charge in [0.2, 0.25) is 0 Å². The highest BCUT2D eigenvalue weighted by Gasteiger charge is 2.12. The second-order valence-corrected chi connectivity index (χ2v) is 11.6.